The van der Waals surface area contributed by atoms with Crippen molar-refractivity contribution < 1.29 is 19.1 Å². The third kappa shape index (κ3) is 5.73. The summed E-state index contributed by atoms with van der Waals surface area (Å²) in [7, 11) is 0. The van der Waals surface area contributed by atoms with Crippen molar-refractivity contribution >= 4 is 45.5 Å². The van der Waals surface area contributed by atoms with Gasteiger partial charge in [0.1, 0.15) is 18.0 Å². The number of amides is 4. The van der Waals surface area contributed by atoms with Crippen LogP contribution in [-0.2, 0) is 9.59 Å². The summed E-state index contributed by atoms with van der Waals surface area (Å²) in [5, 5.41) is 5.22. The fraction of sp³-hybridized carbons (Fsp3) is 0.261. The van der Waals surface area contributed by atoms with Crippen molar-refractivity contribution in [3.8, 4) is 5.75 Å². The second-order valence-electron chi connectivity index (χ2n) is 7.32. The van der Waals surface area contributed by atoms with E-state index in [4.69, 9.17) is 4.74 Å². The van der Waals surface area contributed by atoms with Crippen molar-refractivity contribution in [1.82, 2.24) is 10.2 Å². The first-order valence-electron chi connectivity index (χ1n) is 9.94. The molecule has 0 aliphatic carbocycles. The molecule has 1 saturated heterocycles. The van der Waals surface area contributed by atoms with Gasteiger partial charge in [-0.2, -0.15) is 0 Å². The third-order valence-electron chi connectivity index (χ3n) is 4.74. The van der Waals surface area contributed by atoms with Crippen molar-refractivity contribution in [1.29, 1.82) is 0 Å². The van der Waals surface area contributed by atoms with Crippen LogP contribution in [0, 0.1) is 6.92 Å². The monoisotopic (exact) mass is 485 g/mol. The van der Waals surface area contributed by atoms with Gasteiger partial charge in [-0.05, 0) is 77.7 Å². The Labute approximate surface area is 189 Å². The Morgan fingerprint density at radius 2 is 2.03 bits per heavy atom. The van der Waals surface area contributed by atoms with Crippen LogP contribution in [0.4, 0.5) is 10.5 Å². The summed E-state index contributed by atoms with van der Waals surface area (Å²) in [6, 6.07) is 12.0. The molecule has 1 aliphatic rings. The highest BCUT2D eigenvalue weighted by molar-refractivity contribution is 9.10. The van der Waals surface area contributed by atoms with Gasteiger partial charge in [0.05, 0.1) is 10.6 Å². The van der Waals surface area contributed by atoms with E-state index < -0.39 is 17.8 Å². The molecule has 2 aromatic rings. The number of ether oxygens (including phenoxy) is 1. The molecule has 0 bridgehead atoms. The van der Waals surface area contributed by atoms with E-state index in [0.29, 0.717) is 17.0 Å². The van der Waals surface area contributed by atoms with Crippen molar-refractivity contribution in [3.63, 3.8) is 0 Å². The fourth-order valence-corrected chi connectivity index (χ4v) is 3.44. The van der Waals surface area contributed by atoms with Crippen molar-refractivity contribution in [2.45, 2.75) is 33.3 Å². The normalized spacial score (nSPS) is 15.7. The number of halogens is 1. The highest BCUT2D eigenvalue weighted by Crippen LogP contribution is 2.28. The maximum Gasteiger partial charge on any atom is 0.329 e. The van der Waals surface area contributed by atoms with E-state index in [1.54, 1.807) is 30.3 Å². The number of rotatable bonds is 7. The summed E-state index contributed by atoms with van der Waals surface area (Å²) >= 11 is 3.47. The van der Waals surface area contributed by atoms with Gasteiger partial charge in [-0.25, -0.2) is 9.69 Å². The number of aryl methyl sites for hydroxylation is 1. The number of carbonyl (C=O) groups is 3. The first-order valence-corrected chi connectivity index (χ1v) is 10.7. The molecule has 0 aromatic heterocycles. The van der Waals surface area contributed by atoms with E-state index in [9.17, 15) is 14.4 Å². The zero-order valence-electron chi connectivity index (χ0n) is 17.6. The van der Waals surface area contributed by atoms with E-state index in [0.717, 1.165) is 21.4 Å². The molecule has 8 heteroatoms. The van der Waals surface area contributed by atoms with Crippen LogP contribution in [0.3, 0.4) is 0 Å². The van der Waals surface area contributed by atoms with E-state index in [1.165, 1.54) is 0 Å². The molecule has 162 valence electrons. The lowest BCUT2D eigenvalue weighted by atomic mass is 10.2. The number of urea groups is 1. The van der Waals surface area contributed by atoms with Crippen molar-refractivity contribution in [3.05, 3.63) is 63.8 Å². The number of carbonyl (C=O) groups excluding carboxylic acids is 3. The van der Waals surface area contributed by atoms with Gasteiger partial charge in [0, 0.05) is 5.69 Å². The number of hydrogen-bond donors (Lipinski definition) is 2. The number of nitrogens with zero attached hydrogens (tertiary/aromatic N) is 1. The lowest BCUT2D eigenvalue weighted by Gasteiger charge is -2.14. The number of hydrogen-bond acceptors (Lipinski definition) is 4. The molecule has 2 N–H and O–H groups in total. The Kier molecular flexibility index (Phi) is 7.12. The van der Waals surface area contributed by atoms with E-state index >= 15 is 0 Å². The number of anilines is 1. The van der Waals surface area contributed by atoms with Gasteiger partial charge in [-0.1, -0.05) is 25.1 Å². The zero-order chi connectivity index (χ0) is 22.5. The highest BCUT2D eigenvalue weighted by Gasteiger charge is 2.34. The van der Waals surface area contributed by atoms with Crippen LogP contribution in [0.1, 0.15) is 31.4 Å². The predicted octanol–water partition coefficient (Wildman–Crippen LogP) is 4.47. The average Bonchev–Trinajstić information content (AvgIpc) is 2.97. The molecule has 0 saturated carbocycles. The molecule has 0 unspecified atom stereocenters. The minimum absolute atomic E-state index is 0.0794. The smallest absolute Gasteiger partial charge is 0.329 e. The molecular formula is C23H24BrN3O4. The predicted molar refractivity (Wildman–Crippen MR) is 123 cm³/mol. The minimum Gasteiger partial charge on any atom is -0.490 e. The summed E-state index contributed by atoms with van der Waals surface area (Å²) in [5.74, 6) is -0.308. The lowest BCUT2D eigenvalue weighted by Crippen LogP contribution is -2.38. The molecule has 1 fully saturated rings. The van der Waals surface area contributed by atoms with Gasteiger partial charge in [0.15, 0.2) is 0 Å². The maximum absolute atomic E-state index is 12.7. The maximum atomic E-state index is 12.7. The van der Waals surface area contributed by atoms with Crippen molar-refractivity contribution in [2.24, 2.45) is 0 Å². The SMILES string of the molecule is CC[C@@H](C)Oc1ccc(/C=C2/NC(=O)N(CC(=O)Nc3cccc(C)c3)C2=O)cc1Br. The van der Waals surface area contributed by atoms with Gasteiger partial charge in [0.25, 0.3) is 5.91 Å². The molecule has 3 rings (SSSR count). The van der Waals surface area contributed by atoms with E-state index in [2.05, 4.69) is 26.6 Å². The van der Waals surface area contributed by atoms with Crippen LogP contribution >= 0.6 is 15.9 Å². The summed E-state index contributed by atoms with van der Waals surface area (Å²) in [6.45, 7) is 5.56. The second kappa shape index (κ2) is 9.78. The Balaban J connectivity index is 1.68. The van der Waals surface area contributed by atoms with Gasteiger partial charge in [-0.15, -0.1) is 0 Å². The van der Waals surface area contributed by atoms with Crippen LogP contribution in [0.15, 0.2) is 52.6 Å². The van der Waals surface area contributed by atoms with Gasteiger partial charge in [-0.3, -0.25) is 9.59 Å². The topological polar surface area (TPSA) is 87.7 Å². The van der Waals surface area contributed by atoms with Crippen LogP contribution < -0.4 is 15.4 Å². The van der Waals surface area contributed by atoms with Crippen molar-refractivity contribution in [2.75, 3.05) is 11.9 Å². The largest absolute Gasteiger partial charge is 0.490 e. The van der Waals surface area contributed by atoms with Crippen LogP contribution in [-0.4, -0.2) is 35.4 Å². The molecular weight excluding hydrogens is 462 g/mol. The number of benzene rings is 2. The van der Waals surface area contributed by atoms with Gasteiger partial charge < -0.3 is 15.4 Å². The Morgan fingerprint density at radius 1 is 1.26 bits per heavy atom. The van der Waals surface area contributed by atoms with Crippen LogP contribution in [0.5, 0.6) is 5.75 Å². The van der Waals surface area contributed by atoms with E-state index in [1.807, 2.05) is 39.0 Å². The first-order chi connectivity index (χ1) is 14.8. The quantitative estimate of drug-likeness (QED) is 0.447. The van der Waals surface area contributed by atoms with Crippen LogP contribution in [0.2, 0.25) is 0 Å². The summed E-state index contributed by atoms with van der Waals surface area (Å²) < 4.78 is 6.56. The molecule has 1 atom stereocenters. The molecule has 0 radical (unpaired) electrons. The first kappa shape index (κ1) is 22.6. The molecule has 1 heterocycles. The third-order valence-corrected chi connectivity index (χ3v) is 5.36. The fourth-order valence-electron chi connectivity index (χ4n) is 2.95. The molecule has 31 heavy (non-hydrogen) atoms. The molecule has 0 spiro atoms. The summed E-state index contributed by atoms with van der Waals surface area (Å²) in [5.41, 5.74) is 2.41. The number of imide groups is 1. The Hall–Kier alpha value is -3.13. The molecule has 2 aromatic carbocycles. The Morgan fingerprint density at radius 3 is 2.71 bits per heavy atom. The molecule has 1 aliphatic heterocycles. The van der Waals surface area contributed by atoms with Gasteiger partial charge >= 0.3 is 6.03 Å². The number of nitrogens with one attached hydrogen (secondary N) is 2. The zero-order valence-corrected chi connectivity index (χ0v) is 19.2. The van der Waals surface area contributed by atoms with Crippen LogP contribution in [0.25, 0.3) is 6.08 Å². The molecule has 4 amide bonds. The summed E-state index contributed by atoms with van der Waals surface area (Å²) in [6.07, 6.45) is 2.53. The minimum atomic E-state index is -0.633. The molecule has 7 nitrogen and oxygen atoms in total. The lowest BCUT2D eigenvalue weighted by molar-refractivity contribution is -0.127. The van der Waals surface area contributed by atoms with E-state index in [-0.39, 0.29) is 18.3 Å². The standard InChI is InChI=1S/C23H24BrN3O4/c1-4-15(3)31-20-9-8-16(11-18(20)24)12-19-22(29)27(23(30)26-19)13-21(28)25-17-7-5-6-14(2)10-17/h5-12,15H,4,13H2,1-3H3,(H,25,28)(H,26,30)/b19-12+/t15-/m1/s1. The Bertz CT molecular complexity index is 1050. The highest BCUT2D eigenvalue weighted by atomic mass is 79.9. The van der Waals surface area contributed by atoms with Gasteiger partial charge in [0.2, 0.25) is 5.91 Å². The average molecular weight is 486 g/mol. The second-order valence-corrected chi connectivity index (χ2v) is 8.18. The summed E-state index contributed by atoms with van der Waals surface area (Å²) in [4.78, 5) is 38.1.